The summed E-state index contributed by atoms with van der Waals surface area (Å²) in [6, 6.07) is 11.6. The highest BCUT2D eigenvalue weighted by Crippen LogP contribution is 2.46. The fraction of sp³-hybridized carbons (Fsp3) is 0.433. The summed E-state index contributed by atoms with van der Waals surface area (Å²) < 4.78 is 13.2. The first-order valence-electron chi connectivity index (χ1n) is 13.2. The summed E-state index contributed by atoms with van der Waals surface area (Å²) in [7, 11) is 1.50. The van der Waals surface area contributed by atoms with Crippen molar-refractivity contribution in [2.75, 3.05) is 18.9 Å². The Labute approximate surface area is 233 Å². The molecule has 4 rings (SSSR count). The lowest BCUT2D eigenvalue weighted by atomic mass is 9.80. The third kappa shape index (κ3) is 5.41. The highest BCUT2D eigenvalue weighted by molar-refractivity contribution is 6.07. The van der Waals surface area contributed by atoms with E-state index >= 15 is 0 Å². The number of likely N-dealkylation sites (N-methyl/N-ethyl adjacent to an activating group) is 1. The van der Waals surface area contributed by atoms with E-state index in [4.69, 9.17) is 0 Å². The van der Waals surface area contributed by atoms with Crippen molar-refractivity contribution in [2.24, 2.45) is 5.41 Å². The number of anilines is 1. The van der Waals surface area contributed by atoms with E-state index < -0.39 is 47.1 Å². The molecule has 1 spiro atoms. The molecule has 2 aromatic carbocycles. The molecule has 10 heteroatoms. The van der Waals surface area contributed by atoms with Gasteiger partial charge < -0.3 is 20.4 Å². The number of para-hydroxylation sites is 1. The van der Waals surface area contributed by atoms with Gasteiger partial charge in [0, 0.05) is 31.3 Å². The van der Waals surface area contributed by atoms with E-state index in [1.54, 1.807) is 6.07 Å². The zero-order chi connectivity index (χ0) is 29.4. The van der Waals surface area contributed by atoms with Crippen molar-refractivity contribution in [2.45, 2.75) is 64.1 Å². The van der Waals surface area contributed by atoms with Crippen molar-refractivity contribution in [3.63, 3.8) is 0 Å². The minimum Gasteiger partial charge on any atom is -0.341 e. The number of nitrogens with zero attached hydrogens (tertiary/aromatic N) is 3. The van der Waals surface area contributed by atoms with Crippen LogP contribution in [0.15, 0.2) is 48.5 Å². The second-order valence-corrected chi connectivity index (χ2v) is 11.8. The zero-order valence-electron chi connectivity index (χ0n) is 23.3. The number of benzene rings is 2. The van der Waals surface area contributed by atoms with Crippen molar-refractivity contribution in [1.29, 1.82) is 5.26 Å². The molecular weight excluding hydrogens is 513 g/mol. The molecule has 4 amide bonds. The quantitative estimate of drug-likeness (QED) is 0.575. The minimum absolute atomic E-state index is 0.0203. The number of amides is 4. The van der Waals surface area contributed by atoms with Crippen LogP contribution >= 0.6 is 0 Å². The largest absolute Gasteiger partial charge is 0.341 e. The normalized spacial score (nSPS) is 21.3. The van der Waals surface area contributed by atoms with E-state index in [1.807, 2.05) is 39.0 Å². The number of hydrogen-bond donors (Lipinski definition) is 2. The lowest BCUT2D eigenvalue weighted by Crippen LogP contribution is -2.56. The highest BCUT2D eigenvalue weighted by atomic mass is 19.1. The maximum atomic E-state index is 14.1. The van der Waals surface area contributed by atoms with Crippen molar-refractivity contribution < 1.29 is 23.6 Å². The van der Waals surface area contributed by atoms with Crippen LogP contribution in [-0.2, 0) is 19.8 Å². The molecule has 0 aromatic heterocycles. The Kier molecular flexibility index (Phi) is 7.70. The number of likely N-dealkylation sites (tertiary alicyclic amines) is 1. The van der Waals surface area contributed by atoms with Gasteiger partial charge in [-0.2, -0.15) is 5.26 Å². The zero-order valence-corrected chi connectivity index (χ0v) is 23.3. The molecule has 40 heavy (non-hydrogen) atoms. The maximum absolute atomic E-state index is 14.1. The van der Waals surface area contributed by atoms with E-state index in [-0.39, 0.29) is 36.3 Å². The third-order valence-corrected chi connectivity index (χ3v) is 7.65. The van der Waals surface area contributed by atoms with Crippen LogP contribution in [0.3, 0.4) is 0 Å². The lowest BCUT2D eigenvalue weighted by molar-refractivity contribution is -0.146. The van der Waals surface area contributed by atoms with E-state index in [0.717, 1.165) is 17.7 Å². The Hall–Kier alpha value is -4.26. The van der Waals surface area contributed by atoms with Crippen LogP contribution in [0.4, 0.5) is 10.1 Å². The van der Waals surface area contributed by atoms with E-state index in [1.165, 1.54) is 35.9 Å². The average molecular weight is 548 g/mol. The molecule has 2 aliphatic heterocycles. The van der Waals surface area contributed by atoms with Crippen LogP contribution in [0.5, 0.6) is 0 Å². The van der Waals surface area contributed by atoms with E-state index in [0.29, 0.717) is 5.69 Å². The number of carbonyl (C=O) groups excluding carboxylic acids is 4. The number of nitrogens with one attached hydrogen (secondary N) is 2. The maximum Gasteiger partial charge on any atom is 0.251 e. The van der Waals surface area contributed by atoms with Gasteiger partial charge in [0.05, 0.1) is 11.5 Å². The summed E-state index contributed by atoms with van der Waals surface area (Å²) in [5.41, 5.74) is 0.206. The molecule has 1 fully saturated rings. The fourth-order valence-corrected chi connectivity index (χ4v) is 5.55. The second-order valence-electron chi connectivity index (χ2n) is 11.8. The van der Waals surface area contributed by atoms with Gasteiger partial charge >= 0.3 is 0 Å². The molecule has 0 aliphatic carbocycles. The van der Waals surface area contributed by atoms with Gasteiger partial charge in [-0.05, 0) is 54.7 Å². The van der Waals surface area contributed by atoms with Crippen molar-refractivity contribution in [3.05, 3.63) is 65.5 Å². The smallest absolute Gasteiger partial charge is 0.251 e. The third-order valence-electron chi connectivity index (χ3n) is 7.65. The Morgan fingerprint density at radius 1 is 1.20 bits per heavy atom. The standard InChI is InChI=1S/C30H34FN5O4/c1-18(33-25(37)19-10-12-20(31)13-11-19)26(38)35(5)24(15-29(2,3)4)27(39)36-17-30(14-21(36)16-32)22-8-6-7-9-23(22)34-28(30)40/h6-13,18,21,24H,14-15,17H2,1-5H3,(H,33,37)(H,34,40)/t18-,21-,24-,30-/m0/s1. The molecule has 9 nitrogen and oxygen atoms in total. The summed E-state index contributed by atoms with van der Waals surface area (Å²) in [5, 5.41) is 15.5. The summed E-state index contributed by atoms with van der Waals surface area (Å²) in [6.07, 6.45) is 0.444. The first kappa shape index (κ1) is 28.7. The number of carbonyl (C=O) groups is 4. The van der Waals surface area contributed by atoms with Crippen molar-refractivity contribution in [3.8, 4) is 6.07 Å². The van der Waals surface area contributed by atoms with Crippen LogP contribution < -0.4 is 10.6 Å². The molecule has 210 valence electrons. The Balaban J connectivity index is 1.58. The van der Waals surface area contributed by atoms with Gasteiger partial charge in [-0.15, -0.1) is 0 Å². The Bertz CT molecular complexity index is 1380. The SMILES string of the molecule is C[C@H](NC(=O)c1ccc(F)cc1)C(=O)N(C)[C@@H](CC(C)(C)C)C(=O)N1C[C@]2(C[C@H]1C#N)C(=O)Nc1ccccc12. The van der Waals surface area contributed by atoms with Gasteiger partial charge in [-0.25, -0.2) is 4.39 Å². The molecule has 0 radical (unpaired) electrons. The number of nitriles is 1. The monoisotopic (exact) mass is 547 g/mol. The summed E-state index contributed by atoms with van der Waals surface area (Å²) in [6.45, 7) is 7.37. The molecule has 0 bridgehead atoms. The van der Waals surface area contributed by atoms with Gasteiger partial charge in [0.2, 0.25) is 17.7 Å². The highest BCUT2D eigenvalue weighted by Gasteiger charge is 2.56. The van der Waals surface area contributed by atoms with E-state index in [2.05, 4.69) is 16.7 Å². The van der Waals surface area contributed by atoms with Gasteiger partial charge in [0.15, 0.2) is 0 Å². The molecule has 4 atom stereocenters. The molecule has 2 heterocycles. The van der Waals surface area contributed by atoms with Crippen LogP contribution in [0.25, 0.3) is 0 Å². The van der Waals surface area contributed by atoms with Crippen LogP contribution in [0.2, 0.25) is 0 Å². The van der Waals surface area contributed by atoms with Crippen LogP contribution in [0, 0.1) is 22.6 Å². The van der Waals surface area contributed by atoms with Crippen LogP contribution in [0.1, 0.15) is 56.5 Å². The topological polar surface area (TPSA) is 123 Å². The summed E-state index contributed by atoms with van der Waals surface area (Å²) >= 11 is 0. The second kappa shape index (κ2) is 10.7. The van der Waals surface area contributed by atoms with Gasteiger partial charge in [0.1, 0.15) is 23.9 Å². The Morgan fingerprint density at radius 3 is 2.48 bits per heavy atom. The molecule has 0 unspecified atom stereocenters. The molecule has 1 saturated heterocycles. The number of halogens is 1. The van der Waals surface area contributed by atoms with Gasteiger partial charge in [-0.1, -0.05) is 39.0 Å². The summed E-state index contributed by atoms with van der Waals surface area (Å²) in [4.78, 5) is 56.1. The van der Waals surface area contributed by atoms with Gasteiger partial charge in [0.25, 0.3) is 5.91 Å². The predicted octanol–water partition coefficient (Wildman–Crippen LogP) is 3.22. The lowest BCUT2D eigenvalue weighted by Gasteiger charge is -2.36. The first-order chi connectivity index (χ1) is 18.8. The number of fused-ring (bicyclic) bond motifs is 2. The summed E-state index contributed by atoms with van der Waals surface area (Å²) in [5.74, 6) is -2.21. The molecule has 2 aromatic rings. The van der Waals surface area contributed by atoms with Crippen LogP contribution in [-0.4, -0.2) is 65.1 Å². The minimum atomic E-state index is -1.04. The Morgan fingerprint density at radius 2 is 1.85 bits per heavy atom. The van der Waals surface area contributed by atoms with Crippen molar-refractivity contribution in [1.82, 2.24) is 15.1 Å². The molecule has 2 N–H and O–H groups in total. The predicted molar refractivity (Wildman–Crippen MR) is 146 cm³/mol. The number of hydrogen-bond acceptors (Lipinski definition) is 5. The number of rotatable bonds is 6. The van der Waals surface area contributed by atoms with Crippen molar-refractivity contribution >= 4 is 29.3 Å². The molecule has 2 aliphatic rings. The molecule has 0 saturated carbocycles. The fourth-order valence-electron chi connectivity index (χ4n) is 5.55. The molecular formula is C30H34FN5O4. The van der Waals surface area contributed by atoms with E-state index in [9.17, 15) is 28.8 Å². The average Bonchev–Trinajstić information content (AvgIpc) is 3.43. The van der Waals surface area contributed by atoms with Gasteiger partial charge in [-0.3, -0.25) is 19.2 Å². The first-order valence-corrected chi connectivity index (χ1v) is 13.2.